The summed E-state index contributed by atoms with van der Waals surface area (Å²) in [6, 6.07) is 2.20. The number of hydrogen-bond donors (Lipinski definition) is 0. The summed E-state index contributed by atoms with van der Waals surface area (Å²) in [6.07, 6.45) is 4.70. The van der Waals surface area contributed by atoms with Crippen LogP contribution in [0.5, 0.6) is 0 Å². The molecule has 0 atom stereocenters. The van der Waals surface area contributed by atoms with E-state index in [1.54, 1.807) is 0 Å². The van der Waals surface area contributed by atoms with E-state index < -0.39 is 0 Å². The summed E-state index contributed by atoms with van der Waals surface area (Å²) in [5.41, 5.74) is 0. The quantitative estimate of drug-likeness (QED) is 0.485. The normalized spacial score (nSPS) is 15.9. The summed E-state index contributed by atoms with van der Waals surface area (Å²) >= 11 is 5.67. The summed E-state index contributed by atoms with van der Waals surface area (Å²) in [5, 5.41) is 8.56. The van der Waals surface area contributed by atoms with Crippen molar-refractivity contribution in [1.82, 2.24) is 4.58 Å². The van der Waals surface area contributed by atoms with Gasteiger partial charge in [-0.25, -0.2) is 4.58 Å². The van der Waals surface area contributed by atoms with Gasteiger partial charge in [0.15, 0.2) is 0 Å². The molecule has 1 aliphatic rings. The van der Waals surface area contributed by atoms with Gasteiger partial charge in [0, 0.05) is 29.9 Å². The van der Waals surface area contributed by atoms with Crippen molar-refractivity contribution in [2.24, 2.45) is 0 Å². The monoisotopic (exact) mass is 285 g/mol. The number of piperidine rings is 1. The summed E-state index contributed by atoms with van der Waals surface area (Å²) in [4.78, 5) is 1.42. The van der Waals surface area contributed by atoms with Crippen molar-refractivity contribution in [3.63, 3.8) is 0 Å². The third kappa shape index (κ3) is 3.57. The van der Waals surface area contributed by atoms with Crippen LogP contribution in [-0.2, 0) is 0 Å². The maximum absolute atomic E-state index is 8.56. The zero-order valence-corrected chi connectivity index (χ0v) is 12.5. The molecule has 0 aromatic carbocycles. The highest BCUT2D eigenvalue weighted by molar-refractivity contribution is 8.01. The number of hydrogen-bond acceptors (Lipinski definition) is 4. The van der Waals surface area contributed by atoms with Crippen LogP contribution in [0, 0.1) is 18.3 Å². The van der Waals surface area contributed by atoms with Gasteiger partial charge in [0.1, 0.15) is 13.1 Å². The van der Waals surface area contributed by atoms with E-state index >= 15 is 0 Å². The minimum atomic E-state index is 0.645. The van der Waals surface area contributed by atoms with Crippen molar-refractivity contribution in [3.8, 4) is 6.07 Å². The summed E-state index contributed by atoms with van der Waals surface area (Å²) in [6.45, 7) is 4.64. The molecule has 0 unspecified atom stereocenters. The maximum atomic E-state index is 8.56. The molecule has 2 rings (SSSR count). The predicted octanol–water partition coefficient (Wildman–Crippen LogP) is 3.08. The van der Waals surface area contributed by atoms with Gasteiger partial charge in [0.25, 0.3) is 0 Å². The molecule has 0 saturated carbocycles. The Bertz CT molecular complexity index is 471. The third-order valence-corrected chi connectivity index (χ3v) is 6.98. The lowest BCUT2D eigenvalue weighted by Gasteiger charge is -2.07. The van der Waals surface area contributed by atoms with Gasteiger partial charge < -0.3 is 0 Å². The second-order valence-corrected chi connectivity index (χ2v) is 7.94. The molecule has 1 fully saturated rings. The molecular weight excluding hydrogens is 268 g/mol. The fourth-order valence-corrected chi connectivity index (χ4v) is 5.95. The minimum absolute atomic E-state index is 0.645. The lowest BCUT2D eigenvalue weighted by Crippen LogP contribution is -2.31. The molecule has 1 aromatic heterocycles. The maximum Gasteiger partial charge on any atom is 0.315 e. The van der Waals surface area contributed by atoms with Gasteiger partial charge in [-0.1, -0.05) is 22.7 Å². The van der Waals surface area contributed by atoms with Crippen LogP contribution in [0.15, 0.2) is 4.21 Å². The molecule has 1 aromatic rings. The zero-order valence-electron chi connectivity index (χ0n) is 10.1. The van der Waals surface area contributed by atoms with Crippen molar-refractivity contribution in [1.29, 1.82) is 5.26 Å². The summed E-state index contributed by atoms with van der Waals surface area (Å²) in [7, 11) is 0. The highest BCUT2D eigenvalue weighted by Gasteiger charge is 2.15. The lowest BCUT2D eigenvalue weighted by molar-refractivity contribution is 0.459. The van der Waals surface area contributed by atoms with Crippen molar-refractivity contribution >= 4 is 34.4 Å². The number of thioether (sulfide) groups is 1. The molecule has 92 valence electrons. The average molecular weight is 285 g/mol. The van der Waals surface area contributed by atoms with Crippen LogP contribution in [0.4, 0.5) is 0 Å². The first-order chi connectivity index (χ1) is 8.31. The number of aryl methyl sites for hydroxylation is 1. The average Bonchev–Trinajstić information content (AvgIpc) is 2.73. The van der Waals surface area contributed by atoms with Crippen molar-refractivity contribution < 1.29 is 0 Å². The van der Waals surface area contributed by atoms with E-state index in [2.05, 4.69) is 17.6 Å². The third-order valence-electron chi connectivity index (χ3n) is 2.77. The lowest BCUT2D eigenvalue weighted by atomic mass is 10.2. The van der Waals surface area contributed by atoms with Gasteiger partial charge in [0.2, 0.25) is 0 Å². The van der Waals surface area contributed by atoms with Crippen LogP contribution < -0.4 is 8.56 Å². The van der Waals surface area contributed by atoms with Gasteiger partial charge in [-0.2, -0.15) is 5.26 Å². The number of nitriles is 1. The first-order valence-electron chi connectivity index (χ1n) is 5.99. The van der Waals surface area contributed by atoms with Crippen LogP contribution in [-0.4, -0.2) is 18.8 Å². The van der Waals surface area contributed by atoms with Crippen molar-refractivity contribution in [2.75, 3.05) is 18.8 Å². The van der Waals surface area contributed by atoms with E-state index in [0.717, 1.165) is 5.75 Å². The molecular formula is C12H17N2S3+. The van der Waals surface area contributed by atoms with Crippen molar-refractivity contribution in [3.05, 3.63) is 8.86 Å². The standard InChI is InChI=1S/C12H17N2S3/c1-10-11(15-9-5-6-13)17-12(16-10)14-7-3-2-4-8-14/h2-5,7-9H2,1H3/q+1. The second kappa shape index (κ2) is 6.58. The van der Waals surface area contributed by atoms with Crippen LogP contribution in [0.2, 0.25) is 0 Å². The van der Waals surface area contributed by atoms with Crippen LogP contribution >= 0.6 is 34.4 Å². The first-order valence-corrected chi connectivity index (χ1v) is 8.61. The Morgan fingerprint density at radius 2 is 2.06 bits per heavy atom. The molecule has 0 spiro atoms. The summed E-state index contributed by atoms with van der Waals surface area (Å²) in [5.74, 6) is 0.921. The molecule has 17 heavy (non-hydrogen) atoms. The topological polar surface area (TPSA) is 26.8 Å². The van der Waals surface area contributed by atoms with E-state index in [-0.39, 0.29) is 0 Å². The van der Waals surface area contributed by atoms with Crippen LogP contribution in [0.3, 0.4) is 0 Å². The van der Waals surface area contributed by atoms with Crippen LogP contribution in [0.25, 0.3) is 0 Å². The highest BCUT2D eigenvalue weighted by atomic mass is 32.2. The van der Waals surface area contributed by atoms with Gasteiger partial charge >= 0.3 is 3.98 Å². The molecule has 0 N–H and O–H groups in total. The van der Waals surface area contributed by atoms with E-state index in [1.807, 2.05) is 34.4 Å². The Balaban J connectivity index is 2.15. The van der Waals surface area contributed by atoms with E-state index in [9.17, 15) is 0 Å². The zero-order chi connectivity index (χ0) is 12.1. The Morgan fingerprint density at radius 3 is 2.76 bits per heavy atom. The van der Waals surface area contributed by atoms with E-state index in [0.29, 0.717) is 6.42 Å². The minimum Gasteiger partial charge on any atom is -0.212 e. The Morgan fingerprint density at radius 1 is 1.29 bits per heavy atom. The fourth-order valence-electron chi connectivity index (χ4n) is 1.87. The van der Waals surface area contributed by atoms with Gasteiger partial charge in [-0.05, 0) is 13.3 Å². The largest absolute Gasteiger partial charge is 0.315 e. The first kappa shape index (κ1) is 13.1. The Labute approximate surface area is 115 Å². The van der Waals surface area contributed by atoms with Crippen molar-refractivity contribution in [2.45, 2.75) is 36.8 Å². The number of rotatable bonds is 3. The van der Waals surface area contributed by atoms with Gasteiger partial charge in [-0.3, -0.25) is 0 Å². The SMILES string of the molecule is Cc1sc(=[N+]2CCCCC2)sc1SCCC#N. The second-order valence-electron chi connectivity index (χ2n) is 4.12. The summed E-state index contributed by atoms with van der Waals surface area (Å²) < 4.78 is 5.40. The fraction of sp³-hybridized carbons (Fsp3) is 0.667. The molecule has 1 aliphatic heterocycles. The molecule has 0 amide bonds. The molecule has 0 radical (unpaired) electrons. The molecule has 1 saturated heterocycles. The number of nitrogens with zero attached hydrogens (tertiary/aromatic N) is 2. The van der Waals surface area contributed by atoms with E-state index in [1.165, 1.54) is 45.4 Å². The van der Waals surface area contributed by atoms with E-state index in [4.69, 9.17) is 5.26 Å². The smallest absolute Gasteiger partial charge is 0.212 e. The van der Waals surface area contributed by atoms with Crippen LogP contribution in [0.1, 0.15) is 30.6 Å². The molecule has 5 heteroatoms. The Hall–Kier alpha value is -0.310. The molecule has 0 aliphatic carbocycles. The molecule has 2 heterocycles. The predicted molar refractivity (Wildman–Crippen MR) is 76.7 cm³/mol. The van der Waals surface area contributed by atoms with Gasteiger partial charge in [-0.15, -0.1) is 11.8 Å². The Kier molecular flexibility index (Phi) is 5.08. The van der Waals surface area contributed by atoms with Gasteiger partial charge in [0.05, 0.1) is 10.3 Å². The highest BCUT2D eigenvalue weighted by Crippen LogP contribution is 2.28. The molecule has 2 nitrogen and oxygen atoms in total. The molecule has 0 bridgehead atoms.